The number of rotatable bonds is 8. The fourth-order valence-electron chi connectivity index (χ4n) is 1.75. The average molecular weight is 290 g/mol. The second-order valence-corrected chi connectivity index (χ2v) is 6.06. The molecular formula is C11H22N4O3S. The van der Waals surface area contributed by atoms with Gasteiger partial charge in [-0.3, -0.25) is 4.68 Å². The van der Waals surface area contributed by atoms with Gasteiger partial charge in [-0.05, 0) is 26.8 Å². The lowest BCUT2D eigenvalue weighted by Crippen LogP contribution is -2.23. The SMILES string of the molecule is COCCCNCc1cnn(C(C)C)c1S(N)(=O)=O. The minimum Gasteiger partial charge on any atom is -0.385 e. The van der Waals surface area contributed by atoms with Crippen molar-refractivity contribution < 1.29 is 13.2 Å². The fourth-order valence-corrected chi connectivity index (χ4v) is 2.76. The van der Waals surface area contributed by atoms with Crippen LogP contribution in [0.25, 0.3) is 0 Å². The first kappa shape index (κ1) is 16.1. The molecule has 0 amide bonds. The zero-order valence-electron chi connectivity index (χ0n) is 11.6. The van der Waals surface area contributed by atoms with Gasteiger partial charge in [-0.2, -0.15) is 5.10 Å². The van der Waals surface area contributed by atoms with Gasteiger partial charge in [0.1, 0.15) is 0 Å². The van der Waals surface area contributed by atoms with Gasteiger partial charge in [0.15, 0.2) is 5.03 Å². The van der Waals surface area contributed by atoms with Crippen LogP contribution in [-0.2, 0) is 21.3 Å². The number of nitrogens with one attached hydrogen (secondary N) is 1. The van der Waals surface area contributed by atoms with E-state index in [4.69, 9.17) is 9.88 Å². The van der Waals surface area contributed by atoms with Crippen LogP contribution in [0, 0.1) is 0 Å². The monoisotopic (exact) mass is 290 g/mol. The summed E-state index contributed by atoms with van der Waals surface area (Å²) in [4.78, 5) is 0. The van der Waals surface area contributed by atoms with E-state index in [1.54, 1.807) is 13.3 Å². The van der Waals surface area contributed by atoms with E-state index in [1.165, 1.54) is 4.68 Å². The first-order valence-corrected chi connectivity index (χ1v) is 7.71. The van der Waals surface area contributed by atoms with E-state index in [-0.39, 0.29) is 11.1 Å². The molecular weight excluding hydrogens is 268 g/mol. The van der Waals surface area contributed by atoms with E-state index in [2.05, 4.69) is 10.4 Å². The van der Waals surface area contributed by atoms with Gasteiger partial charge in [0, 0.05) is 31.9 Å². The van der Waals surface area contributed by atoms with Crippen LogP contribution in [-0.4, -0.2) is 38.5 Å². The molecule has 0 aliphatic carbocycles. The Bertz CT molecular complexity index is 496. The topological polar surface area (TPSA) is 99.2 Å². The van der Waals surface area contributed by atoms with Gasteiger partial charge >= 0.3 is 0 Å². The molecule has 3 N–H and O–H groups in total. The number of hydrogen-bond donors (Lipinski definition) is 2. The highest BCUT2D eigenvalue weighted by Crippen LogP contribution is 2.18. The Morgan fingerprint density at radius 2 is 2.21 bits per heavy atom. The van der Waals surface area contributed by atoms with Crippen LogP contribution in [0.1, 0.15) is 31.9 Å². The largest absolute Gasteiger partial charge is 0.385 e. The summed E-state index contributed by atoms with van der Waals surface area (Å²) in [6, 6.07) is -0.0597. The molecule has 0 saturated carbocycles. The van der Waals surface area contributed by atoms with Gasteiger partial charge in [0.25, 0.3) is 10.0 Å². The lowest BCUT2D eigenvalue weighted by Gasteiger charge is -2.11. The predicted octanol–water partition coefficient (Wildman–Crippen LogP) is 0.238. The van der Waals surface area contributed by atoms with Gasteiger partial charge in [0.2, 0.25) is 0 Å². The molecule has 1 rings (SSSR count). The molecule has 1 heterocycles. The van der Waals surface area contributed by atoms with Crippen LogP contribution < -0.4 is 10.5 Å². The Labute approximate surface area is 114 Å². The average Bonchev–Trinajstić information content (AvgIpc) is 2.72. The summed E-state index contributed by atoms with van der Waals surface area (Å²) >= 11 is 0. The molecule has 0 aromatic carbocycles. The normalized spacial score (nSPS) is 12.3. The third kappa shape index (κ3) is 4.57. The summed E-state index contributed by atoms with van der Waals surface area (Å²) in [7, 11) is -2.13. The zero-order chi connectivity index (χ0) is 14.5. The van der Waals surface area contributed by atoms with Crippen molar-refractivity contribution >= 4 is 10.0 Å². The van der Waals surface area contributed by atoms with Crippen molar-refractivity contribution in [1.82, 2.24) is 15.1 Å². The standard InChI is InChI=1S/C11H22N4O3S/c1-9(2)15-11(19(12,16)17)10(8-14-15)7-13-5-4-6-18-3/h8-9,13H,4-7H2,1-3H3,(H2,12,16,17). The van der Waals surface area contributed by atoms with Gasteiger partial charge in [-0.25, -0.2) is 13.6 Å². The van der Waals surface area contributed by atoms with Gasteiger partial charge in [-0.1, -0.05) is 0 Å². The van der Waals surface area contributed by atoms with E-state index in [0.717, 1.165) is 13.0 Å². The molecule has 0 spiro atoms. The number of aromatic nitrogens is 2. The molecule has 8 heteroatoms. The molecule has 1 aromatic rings. The zero-order valence-corrected chi connectivity index (χ0v) is 12.4. The van der Waals surface area contributed by atoms with Crippen molar-refractivity contribution in [2.75, 3.05) is 20.3 Å². The lowest BCUT2D eigenvalue weighted by molar-refractivity contribution is 0.194. The number of methoxy groups -OCH3 is 1. The van der Waals surface area contributed by atoms with Gasteiger partial charge < -0.3 is 10.1 Å². The summed E-state index contributed by atoms with van der Waals surface area (Å²) in [5.41, 5.74) is 0.591. The van der Waals surface area contributed by atoms with Crippen LogP contribution in [0.4, 0.5) is 0 Å². The van der Waals surface area contributed by atoms with E-state index < -0.39 is 10.0 Å². The Kier molecular flexibility index (Phi) is 5.92. The first-order valence-electron chi connectivity index (χ1n) is 6.16. The summed E-state index contributed by atoms with van der Waals surface area (Å²) < 4.78 is 29.7. The van der Waals surface area contributed by atoms with Crippen molar-refractivity contribution in [3.63, 3.8) is 0 Å². The molecule has 0 radical (unpaired) electrons. The number of primary sulfonamides is 1. The second-order valence-electron chi connectivity index (χ2n) is 4.58. The number of nitrogens with two attached hydrogens (primary N) is 1. The number of sulfonamides is 1. The Morgan fingerprint density at radius 3 is 2.74 bits per heavy atom. The van der Waals surface area contributed by atoms with E-state index in [0.29, 0.717) is 18.7 Å². The second kappa shape index (κ2) is 6.99. The van der Waals surface area contributed by atoms with E-state index in [1.807, 2.05) is 13.8 Å². The maximum absolute atomic E-state index is 11.6. The minimum atomic E-state index is -3.78. The number of ether oxygens (including phenoxy) is 1. The molecule has 7 nitrogen and oxygen atoms in total. The fraction of sp³-hybridized carbons (Fsp3) is 0.727. The Morgan fingerprint density at radius 1 is 1.53 bits per heavy atom. The molecule has 1 aromatic heterocycles. The minimum absolute atomic E-state index is 0.0597. The van der Waals surface area contributed by atoms with Crippen LogP contribution in [0.15, 0.2) is 11.2 Å². The van der Waals surface area contributed by atoms with Gasteiger partial charge in [-0.15, -0.1) is 0 Å². The first-order chi connectivity index (χ1) is 8.88. The highest BCUT2D eigenvalue weighted by Gasteiger charge is 2.22. The summed E-state index contributed by atoms with van der Waals surface area (Å²) in [5.74, 6) is 0. The maximum atomic E-state index is 11.6. The molecule has 0 unspecified atom stereocenters. The molecule has 0 saturated heterocycles. The summed E-state index contributed by atoms with van der Waals surface area (Å²) in [6.07, 6.45) is 2.41. The lowest BCUT2D eigenvalue weighted by atomic mass is 10.3. The molecule has 0 aliphatic rings. The van der Waals surface area contributed by atoms with Crippen molar-refractivity contribution in [2.45, 2.75) is 37.9 Å². The maximum Gasteiger partial charge on any atom is 0.255 e. The predicted molar refractivity (Wildman–Crippen MR) is 72.2 cm³/mol. The third-order valence-electron chi connectivity index (χ3n) is 2.60. The molecule has 0 bridgehead atoms. The van der Waals surface area contributed by atoms with Crippen LogP contribution in [0.5, 0.6) is 0 Å². The molecule has 0 fully saturated rings. The molecule has 0 atom stereocenters. The van der Waals surface area contributed by atoms with E-state index >= 15 is 0 Å². The van der Waals surface area contributed by atoms with Crippen molar-refractivity contribution in [1.29, 1.82) is 0 Å². The molecule has 19 heavy (non-hydrogen) atoms. The van der Waals surface area contributed by atoms with Crippen LogP contribution in [0.2, 0.25) is 0 Å². The third-order valence-corrected chi connectivity index (χ3v) is 3.59. The Balaban J connectivity index is 2.79. The Hall–Kier alpha value is -0.960. The highest BCUT2D eigenvalue weighted by atomic mass is 32.2. The molecule has 110 valence electrons. The van der Waals surface area contributed by atoms with Crippen molar-refractivity contribution in [3.05, 3.63) is 11.8 Å². The van der Waals surface area contributed by atoms with Gasteiger partial charge in [0.05, 0.1) is 6.20 Å². The quantitative estimate of drug-likeness (QED) is 0.668. The smallest absolute Gasteiger partial charge is 0.255 e. The van der Waals surface area contributed by atoms with E-state index in [9.17, 15) is 8.42 Å². The van der Waals surface area contributed by atoms with Crippen LogP contribution >= 0.6 is 0 Å². The number of nitrogens with zero attached hydrogens (tertiary/aromatic N) is 2. The summed E-state index contributed by atoms with van der Waals surface area (Å²) in [6.45, 7) is 5.54. The van der Waals surface area contributed by atoms with Crippen molar-refractivity contribution in [2.24, 2.45) is 5.14 Å². The number of hydrogen-bond acceptors (Lipinski definition) is 5. The van der Waals surface area contributed by atoms with Crippen molar-refractivity contribution in [3.8, 4) is 0 Å². The highest BCUT2D eigenvalue weighted by molar-refractivity contribution is 7.89. The molecule has 0 aliphatic heterocycles. The summed E-state index contributed by atoms with van der Waals surface area (Å²) in [5, 5.41) is 12.6. The van der Waals surface area contributed by atoms with Crippen LogP contribution in [0.3, 0.4) is 0 Å².